The molecular weight excluding hydrogens is 252 g/mol. The molecule has 1 aliphatic heterocycles. The van der Waals surface area contributed by atoms with Gasteiger partial charge in [0.1, 0.15) is 5.75 Å². The molecule has 2 rings (SSSR count). The molecule has 0 spiro atoms. The Bertz CT molecular complexity index is 394. The Hall–Kier alpha value is -1.10. The molecule has 1 saturated heterocycles. The number of ether oxygens (including phenoxy) is 2. The lowest BCUT2D eigenvalue weighted by molar-refractivity contribution is -0.0380. The van der Waals surface area contributed by atoms with Crippen molar-refractivity contribution in [3.63, 3.8) is 0 Å². The molecule has 0 amide bonds. The molecule has 112 valence electrons. The van der Waals surface area contributed by atoms with Crippen LogP contribution >= 0.6 is 0 Å². The first-order valence-corrected chi connectivity index (χ1v) is 7.44. The van der Waals surface area contributed by atoms with Gasteiger partial charge in [0.15, 0.2) is 0 Å². The summed E-state index contributed by atoms with van der Waals surface area (Å²) in [6, 6.07) is 8.57. The molecule has 1 fully saturated rings. The summed E-state index contributed by atoms with van der Waals surface area (Å²) in [6.45, 7) is 5.65. The van der Waals surface area contributed by atoms with E-state index >= 15 is 0 Å². The van der Waals surface area contributed by atoms with E-state index in [9.17, 15) is 0 Å². The summed E-state index contributed by atoms with van der Waals surface area (Å²) < 4.78 is 11.5. The molecule has 0 aromatic heterocycles. The van der Waals surface area contributed by atoms with Crippen LogP contribution < -0.4 is 10.1 Å². The zero-order valence-electron chi connectivity index (χ0n) is 12.8. The Morgan fingerprint density at radius 1 is 1.40 bits per heavy atom. The van der Waals surface area contributed by atoms with Crippen molar-refractivity contribution < 1.29 is 9.47 Å². The second-order valence-electron chi connectivity index (χ2n) is 5.36. The highest BCUT2D eigenvalue weighted by atomic mass is 16.5. The zero-order chi connectivity index (χ0) is 14.4. The lowest BCUT2D eigenvalue weighted by Crippen LogP contribution is -2.46. The number of nitrogens with one attached hydrogen (secondary N) is 1. The van der Waals surface area contributed by atoms with Crippen molar-refractivity contribution in [2.24, 2.45) is 0 Å². The van der Waals surface area contributed by atoms with Gasteiger partial charge in [-0.05, 0) is 38.2 Å². The van der Waals surface area contributed by atoms with Gasteiger partial charge >= 0.3 is 0 Å². The second kappa shape index (κ2) is 7.62. The molecule has 2 atom stereocenters. The quantitative estimate of drug-likeness (QED) is 0.863. The first-order valence-electron chi connectivity index (χ1n) is 7.44. The van der Waals surface area contributed by atoms with Gasteiger partial charge in [0, 0.05) is 13.1 Å². The predicted molar refractivity (Wildman–Crippen MR) is 81.3 cm³/mol. The van der Waals surface area contributed by atoms with Crippen molar-refractivity contribution in [1.82, 2.24) is 10.2 Å². The van der Waals surface area contributed by atoms with Crippen molar-refractivity contribution >= 4 is 0 Å². The molecule has 1 aliphatic rings. The van der Waals surface area contributed by atoms with E-state index in [2.05, 4.69) is 36.3 Å². The SMILES string of the molecule is CCCOc1ccc(C(NC)C2CN(C)CCO2)cc1. The Kier molecular flexibility index (Phi) is 5.83. The van der Waals surface area contributed by atoms with Crippen molar-refractivity contribution in [3.05, 3.63) is 29.8 Å². The molecule has 2 unspecified atom stereocenters. The number of hydrogen-bond donors (Lipinski definition) is 1. The number of morpholine rings is 1. The highest BCUT2D eigenvalue weighted by Crippen LogP contribution is 2.24. The van der Waals surface area contributed by atoms with Crippen LogP contribution in [-0.2, 0) is 4.74 Å². The van der Waals surface area contributed by atoms with Crippen LogP contribution in [-0.4, -0.2) is 51.4 Å². The molecule has 0 aliphatic carbocycles. The summed E-state index contributed by atoms with van der Waals surface area (Å²) in [5.41, 5.74) is 1.25. The summed E-state index contributed by atoms with van der Waals surface area (Å²) >= 11 is 0. The maximum atomic E-state index is 5.92. The fraction of sp³-hybridized carbons (Fsp3) is 0.625. The average molecular weight is 278 g/mol. The monoisotopic (exact) mass is 278 g/mol. The molecule has 4 nitrogen and oxygen atoms in total. The first-order chi connectivity index (χ1) is 9.74. The van der Waals surface area contributed by atoms with E-state index in [-0.39, 0.29) is 12.1 Å². The molecule has 1 N–H and O–H groups in total. The molecule has 0 bridgehead atoms. The van der Waals surface area contributed by atoms with E-state index in [4.69, 9.17) is 9.47 Å². The lowest BCUT2D eigenvalue weighted by Gasteiger charge is -2.35. The Morgan fingerprint density at radius 3 is 2.75 bits per heavy atom. The Labute approximate surface area is 122 Å². The van der Waals surface area contributed by atoms with Crippen LogP contribution in [0.25, 0.3) is 0 Å². The van der Waals surface area contributed by atoms with E-state index in [0.717, 1.165) is 38.5 Å². The lowest BCUT2D eigenvalue weighted by atomic mass is 10.00. The van der Waals surface area contributed by atoms with Crippen LogP contribution in [0.15, 0.2) is 24.3 Å². The summed E-state index contributed by atoms with van der Waals surface area (Å²) in [5.74, 6) is 0.937. The second-order valence-corrected chi connectivity index (χ2v) is 5.36. The number of likely N-dealkylation sites (N-methyl/N-ethyl adjacent to an activating group) is 2. The highest BCUT2D eigenvalue weighted by molar-refractivity contribution is 5.30. The standard InChI is InChI=1S/C16H26N2O2/c1-4-10-19-14-7-5-13(6-8-14)16(17-2)15-12-18(3)9-11-20-15/h5-8,15-17H,4,9-12H2,1-3H3. The minimum Gasteiger partial charge on any atom is -0.494 e. The van der Waals surface area contributed by atoms with Crippen LogP contribution in [0.3, 0.4) is 0 Å². The summed E-state index contributed by atoms with van der Waals surface area (Å²) in [6.07, 6.45) is 1.23. The number of benzene rings is 1. The molecule has 1 aromatic rings. The van der Waals surface area contributed by atoms with E-state index in [0.29, 0.717) is 0 Å². The van der Waals surface area contributed by atoms with Crippen LogP contribution in [0.1, 0.15) is 24.9 Å². The van der Waals surface area contributed by atoms with Crippen molar-refractivity contribution in [1.29, 1.82) is 0 Å². The van der Waals surface area contributed by atoms with Gasteiger partial charge in [-0.2, -0.15) is 0 Å². The zero-order valence-corrected chi connectivity index (χ0v) is 12.8. The third kappa shape index (κ3) is 3.95. The van der Waals surface area contributed by atoms with Gasteiger partial charge in [-0.25, -0.2) is 0 Å². The van der Waals surface area contributed by atoms with E-state index in [1.165, 1.54) is 5.56 Å². The molecule has 20 heavy (non-hydrogen) atoms. The third-order valence-electron chi connectivity index (χ3n) is 3.69. The van der Waals surface area contributed by atoms with Gasteiger partial charge in [0.25, 0.3) is 0 Å². The number of nitrogens with zero attached hydrogens (tertiary/aromatic N) is 1. The molecule has 0 saturated carbocycles. The van der Waals surface area contributed by atoms with Crippen LogP contribution in [0.5, 0.6) is 5.75 Å². The fourth-order valence-electron chi connectivity index (χ4n) is 2.57. The number of hydrogen-bond acceptors (Lipinski definition) is 4. The highest BCUT2D eigenvalue weighted by Gasteiger charge is 2.26. The van der Waals surface area contributed by atoms with Gasteiger partial charge in [0.2, 0.25) is 0 Å². The van der Waals surface area contributed by atoms with Crippen LogP contribution in [0.2, 0.25) is 0 Å². The van der Waals surface area contributed by atoms with E-state index < -0.39 is 0 Å². The third-order valence-corrected chi connectivity index (χ3v) is 3.69. The van der Waals surface area contributed by atoms with Gasteiger partial charge in [-0.3, -0.25) is 0 Å². The molecular formula is C16H26N2O2. The van der Waals surface area contributed by atoms with Gasteiger partial charge < -0.3 is 19.7 Å². The normalized spacial score (nSPS) is 21.6. The minimum atomic E-state index is 0.196. The van der Waals surface area contributed by atoms with E-state index in [1.54, 1.807) is 0 Å². The molecule has 4 heteroatoms. The summed E-state index contributed by atoms with van der Waals surface area (Å²) in [5, 5.41) is 3.38. The predicted octanol–water partition coefficient (Wildman–Crippen LogP) is 2.07. The van der Waals surface area contributed by atoms with Gasteiger partial charge in [-0.15, -0.1) is 0 Å². The fourth-order valence-corrected chi connectivity index (χ4v) is 2.57. The average Bonchev–Trinajstić information content (AvgIpc) is 2.47. The van der Waals surface area contributed by atoms with Gasteiger partial charge in [0.05, 0.1) is 25.4 Å². The summed E-state index contributed by atoms with van der Waals surface area (Å²) in [4.78, 5) is 2.32. The molecule has 1 aromatic carbocycles. The number of rotatable bonds is 6. The van der Waals surface area contributed by atoms with Crippen molar-refractivity contribution in [2.75, 3.05) is 40.4 Å². The van der Waals surface area contributed by atoms with Crippen molar-refractivity contribution in [2.45, 2.75) is 25.5 Å². The van der Waals surface area contributed by atoms with Gasteiger partial charge in [-0.1, -0.05) is 19.1 Å². The summed E-state index contributed by atoms with van der Waals surface area (Å²) in [7, 11) is 4.13. The van der Waals surface area contributed by atoms with Crippen molar-refractivity contribution in [3.8, 4) is 5.75 Å². The maximum Gasteiger partial charge on any atom is 0.119 e. The van der Waals surface area contributed by atoms with E-state index in [1.807, 2.05) is 19.2 Å². The molecule has 0 radical (unpaired) electrons. The topological polar surface area (TPSA) is 33.7 Å². The van der Waals surface area contributed by atoms with Crippen LogP contribution in [0, 0.1) is 0 Å². The largest absolute Gasteiger partial charge is 0.494 e. The first kappa shape index (κ1) is 15.3. The van der Waals surface area contributed by atoms with Crippen LogP contribution in [0.4, 0.5) is 0 Å². The smallest absolute Gasteiger partial charge is 0.119 e. The maximum absolute atomic E-state index is 5.92. The Morgan fingerprint density at radius 2 is 2.15 bits per heavy atom. The Balaban J connectivity index is 2.03. The minimum absolute atomic E-state index is 0.196. The molecule has 1 heterocycles.